The van der Waals surface area contributed by atoms with E-state index in [9.17, 15) is 14.7 Å². The molecule has 1 aromatic carbocycles. The Balaban J connectivity index is 2.49. The Morgan fingerprint density at radius 3 is 2.58 bits per heavy atom. The second-order valence-electron chi connectivity index (χ2n) is 4.54. The van der Waals surface area contributed by atoms with E-state index < -0.39 is 5.91 Å². The maximum atomic E-state index is 11.7. The molecule has 0 aliphatic heterocycles. The molecular formula is C13H17ClN2O3. The molecule has 0 aliphatic carbocycles. The van der Waals surface area contributed by atoms with Crippen LogP contribution < -0.4 is 10.6 Å². The number of nitrogens with one attached hydrogen (secondary N) is 2. The lowest BCUT2D eigenvalue weighted by Crippen LogP contribution is -2.38. The second-order valence-corrected chi connectivity index (χ2v) is 4.98. The summed E-state index contributed by atoms with van der Waals surface area (Å²) >= 11 is 5.66. The summed E-state index contributed by atoms with van der Waals surface area (Å²) in [5.41, 5.74) is 0.0843. The predicted molar refractivity (Wildman–Crippen MR) is 73.3 cm³/mol. The average Bonchev–Trinajstić information content (AvgIpc) is 2.33. The van der Waals surface area contributed by atoms with Crippen LogP contribution in [0.15, 0.2) is 18.2 Å². The third-order valence-corrected chi connectivity index (χ3v) is 2.56. The largest absolute Gasteiger partial charge is 0.507 e. The molecule has 0 aliphatic rings. The van der Waals surface area contributed by atoms with Crippen LogP contribution in [0.2, 0.25) is 5.02 Å². The molecule has 5 nitrogen and oxygen atoms in total. The van der Waals surface area contributed by atoms with Crippen LogP contribution in [0.1, 0.15) is 24.2 Å². The van der Waals surface area contributed by atoms with Crippen LogP contribution in [-0.4, -0.2) is 30.0 Å². The molecule has 0 heterocycles. The number of aromatic hydroxyl groups is 1. The first-order valence-electron chi connectivity index (χ1n) is 5.93. The van der Waals surface area contributed by atoms with Gasteiger partial charge in [0, 0.05) is 11.6 Å². The van der Waals surface area contributed by atoms with Gasteiger partial charge in [0.1, 0.15) is 5.75 Å². The van der Waals surface area contributed by atoms with Crippen molar-refractivity contribution >= 4 is 23.4 Å². The van der Waals surface area contributed by atoms with Gasteiger partial charge in [0.2, 0.25) is 5.91 Å². The van der Waals surface area contributed by atoms with Gasteiger partial charge in [-0.05, 0) is 24.1 Å². The molecular weight excluding hydrogens is 268 g/mol. The van der Waals surface area contributed by atoms with E-state index in [1.807, 2.05) is 13.8 Å². The highest BCUT2D eigenvalue weighted by molar-refractivity contribution is 6.30. The zero-order chi connectivity index (χ0) is 14.4. The average molecular weight is 285 g/mol. The molecule has 0 saturated heterocycles. The minimum atomic E-state index is -0.520. The van der Waals surface area contributed by atoms with E-state index in [0.29, 0.717) is 17.5 Å². The number of phenolic OH excluding ortho intramolecular Hbond substituents is 1. The lowest BCUT2D eigenvalue weighted by Gasteiger charge is -2.09. The summed E-state index contributed by atoms with van der Waals surface area (Å²) in [6.45, 7) is 4.38. The predicted octanol–water partition coefficient (Wildman–Crippen LogP) is 1.55. The summed E-state index contributed by atoms with van der Waals surface area (Å²) < 4.78 is 0. The number of hydrogen-bond acceptors (Lipinski definition) is 3. The van der Waals surface area contributed by atoms with Gasteiger partial charge in [-0.3, -0.25) is 9.59 Å². The standard InChI is InChI=1S/C13H17ClN2O3/c1-8(2)6-15-12(18)7-16-13(19)10-4-3-9(14)5-11(10)17/h3-5,8,17H,6-7H2,1-2H3,(H,15,18)(H,16,19). The molecule has 19 heavy (non-hydrogen) atoms. The monoisotopic (exact) mass is 284 g/mol. The summed E-state index contributed by atoms with van der Waals surface area (Å²) in [7, 11) is 0. The summed E-state index contributed by atoms with van der Waals surface area (Å²) in [5, 5.41) is 15.0. The topological polar surface area (TPSA) is 78.4 Å². The third-order valence-electron chi connectivity index (χ3n) is 2.32. The van der Waals surface area contributed by atoms with Gasteiger partial charge in [-0.25, -0.2) is 0 Å². The number of amides is 2. The molecule has 3 N–H and O–H groups in total. The Kier molecular flexibility index (Phi) is 5.63. The molecule has 0 aromatic heterocycles. The molecule has 1 rings (SSSR count). The number of carbonyl (C=O) groups excluding carboxylic acids is 2. The second kappa shape index (κ2) is 6.99. The van der Waals surface area contributed by atoms with Crippen LogP contribution in [0.25, 0.3) is 0 Å². The molecule has 104 valence electrons. The highest BCUT2D eigenvalue weighted by Crippen LogP contribution is 2.21. The highest BCUT2D eigenvalue weighted by Gasteiger charge is 2.12. The van der Waals surface area contributed by atoms with Gasteiger partial charge in [-0.2, -0.15) is 0 Å². The smallest absolute Gasteiger partial charge is 0.255 e. The molecule has 1 aromatic rings. The zero-order valence-corrected chi connectivity index (χ0v) is 11.6. The van der Waals surface area contributed by atoms with Gasteiger partial charge in [0.15, 0.2) is 0 Å². The molecule has 0 bridgehead atoms. The van der Waals surface area contributed by atoms with Crippen molar-refractivity contribution in [2.75, 3.05) is 13.1 Å². The van der Waals surface area contributed by atoms with Crippen LogP contribution >= 0.6 is 11.6 Å². The van der Waals surface area contributed by atoms with E-state index in [1.165, 1.54) is 18.2 Å². The Morgan fingerprint density at radius 2 is 2.00 bits per heavy atom. The van der Waals surface area contributed by atoms with E-state index in [2.05, 4.69) is 10.6 Å². The van der Waals surface area contributed by atoms with Crippen LogP contribution in [-0.2, 0) is 4.79 Å². The number of hydrogen-bond donors (Lipinski definition) is 3. The maximum absolute atomic E-state index is 11.7. The van der Waals surface area contributed by atoms with Gasteiger partial charge >= 0.3 is 0 Å². The lowest BCUT2D eigenvalue weighted by molar-refractivity contribution is -0.120. The Bertz CT molecular complexity index is 475. The zero-order valence-electron chi connectivity index (χ0n) is 10.9. The minimum absolute atomic E-state index is 0.0843. The first-order valence-corrected chi connectivity index (χ1v) is 6.31. The van der Waals surface area contributed by atoms with E-state index in [0.717, 1.165) is 0 Å². The van der Waals surface area contributed by atoms with E-state index in [-0.39, 0.29) is 23.8 Å². The maximum Gasteiger partial charge on any atom is 0.255 e. The molecule has 0 spiro atoms. The van der Waals surface area contributed by atoms with Crippen LogP contribution in [0.5, 0.6) is 5.75 Å². The van der Waals surface area contributed by atoms with Crippen molar-refractivity contribution in [3.8, 4) is 5.75 Å². The summed E-state index contributed by atoms with van der Waals surface area (Å²) in [6.07, 6.45) is 0. The molecule has 0 atom stereocenters. The van der Waals surface area contributed by atoms with Crippen LogP contribution in [0.3, 0.4) is 0 Å². The molecule has 0 saturated carbocycles. The van der Waals surface area contributed by atoms with Gasteiger partial charge in [-0.15, -0.1) is 0 Å². The third kappa shape index (κ3) is 5.18. The van der Waals surface area contributed by atoms with Crippen molar-refractivity contribution in [1.29, 1.82) is 0 Å². The number of benzene rings is 1. The summed E-state index contributed by atoms with van der Waals surface area (Å²) in [5.74, 6) is -0.656. The molecule has 2 amide bonds. The van der Waals surface area contributed by atoms with Crippen LogP contribution in [0, 0.1) is 5.92 Å². The van der Waals surface area contributed by atoms with Crippen molar-refractivity contribution in [2.45, 2.75) is 13.8 Å². The highest BCUT2D eigenvalue weighted by atomic mass is 35.5. The Morgan fingerprint density at radius 1 is 1.32 bits per heavy atom. The fourth-order valence-electron chi connectivity index (χ4n) is 1.33. The quantitative estimate of drug-likeness (QED) is 0.767. The molecule has 0 radical (unpaired) electrons. The van der Waals surface area contributed by atoms with Crippen molar-refractivity contribution in [1.82, 2.24) is 10.6 Å². The number of rotatable bonds is 5. The van der Waals surface area contributed by atoms with Gasteiger partial charge in [0.05, 0.1) is 12.1 Å². The first-order chi connectivity index (χ1) is 8.90. The molecule has 0 fully saturated rings. The fraction of sp³-hybridized carbons (Fsp3) is 0.385. The minimum Gasteiger partial charge on any atom is -0.507 e. The first kappa shape index (κ1) is 15.3. The van der Waals surface area contributed by atoms with Crippen molar-refractivity contribution in [2.24, 2.45) is 5.92 Å². The van der Waals surface area contributed by atoms with Crippen molar-refractivity contribution in [3.63, 3.8) is 0 Å². The fourth-order valence-corrected chi connectivity index (χ4v) is 1.50. The van der Waals surface area contributed by atoms with E-state index >= 15 is 0 Å². The van der Waals surface area contributed by atoms with Crippen molar-refractivity contribution in [3.05, 3.63) is 28.8 Å². The van der Waals surface area contributed by atoms with Crippen LogP contribution in [0.4, 0.5) is 0 Å². The van der Waals surface area contributed by atoms with Gasteiger partial charge < -0.3 is 15.7 Å². The summed E-state index contributed by atoms with van der Waals surface area (Å²) in [6, 6.07) is 4.17. The molecule has 0 unspecified atom stereocenters. The van der Waals surface area contributed by atoms with E-state index in [4.69, 9.17) is 11.6 Å². The number of phenols is 1. The van der Waals surface area contributed by atoms with Crippen molar-refractivity contribution < 1.29 is 14.7 Å². The Hall–Kier alpha value is -1.75. The van der Waals surface area contributed by atoms with Gasteiger partial charge in [0.25, 0.3) is 5.91 Å². The lowest BCUT2D eigenvalue weighted by atomic mass is 10.2. The Labute approximate surface area is 117 Å². The van der Waals surface area contributed by atoms with Gasteiger partial charge in [-0.1, -0.05) is 25.4 Å². The normalized spacial score (nSPS) is 10.3. The molecule has 6 heteroatoms. The van der Waals surface area contributed by atoms with E-state index in [1.54, 1.807) is 0 Å². The SMILES string of the molecule is CC(C)CNC(=O)CNC(=O)c1ccc(Cl)cc1O. The number of halogens is 1. The number of carbonyl (C=O) groups is 2. The summed E-state index contributed by atoms with van der Waals surface area (Å²) in [4.78, 5) is 23.1.